The lowest BCUT2D eigenvalue weighted by Crippen LogP contribution is -2.31. The first-order chi connectivity index (χ1) is 10.4. The molecule has 0 heterocycles. The fraction of sp³-hybridized carbons (Fsp3) is 0.133. The number of aliphatic hydroxyl groups is 1. The van der Waals surface area contributed by atoms with Crippen LogP contribution in [0.2, 0.25) is 0 Å². The van der Waals surface area contributed by atoms with Crippen molar-refractivity contribution in [2.75, 3.05) is 6.61 Å². The Morgan fingerprint density at radius 2 is 1.73 bits per heavy atom. The lowest BCUT2D eigenvalue weighted by molar-refractivity contribution is 0.0913. The minimum absolute atomic E-state index is 0.0657. The Hall–Kier alpha value is -2.54. The molecule has 116 valence electrons. The van der Waals surface area contributed by atoms with Gasteiger partial charge >= 0.3 is 0 Å². The standard InChI is InChI=1S/C15H12F3NO3/c16-10-5-8(6-11(17)14(10)18)12(7-20)19-15(22)9-3-1-2-4-13(9)21/h1-6,12,20-21H,7H2,(H,19,22). The Morgan fingerprint density at radius 1 is 1.14 bits per heavy atom. The van der Waals surface area contributed by atoms with Gasteiger partial charge in [-0.05, 0) is 29.8 Å². The normalized spacial score (nSPS) is 12.0. The van der Waals surface area contributed by atoms with E-state index in [1.165, 1.54) is 24.3 Å². The van der Waals surface area contributed by atoms with Gasteiger partial charge in [-0.3, -0.25) is 4.79 Å². The van der Waals surface area contributed by atoms with E-state index in [0.717, 1.165) is 0 Å². The van der Waals surface area contributed by atoms with E-state index in [9.17, 15) is 28.2 Å². The number of aromatic hydroxyl groups is 1. The highest BCUT2D eigenvalue weighted by molar-refractivity contribution is 5.97. The molecule has 2 rings (SSSR count). The zero-order valence-corrected chi connectivity index (χ0v) is 11.2. The maximum absolute atomic E-state index is 13.2. The van der Waals surface area contributed by atoms with Crippen LogP contribution in [0, 0.1) is 17.5 Å². The third-order valence-electron chi connectivity index (χ3n) is 3.05. The molecule has 0 saturated heterocycles. The molecular weight excluding hydrogens is 299 g/mol. The molecule has 2 aromatic rings. The summed E-state index contributed by atoms with van der Waals surface area (Å²) in [5.74, 6) is -5.52. The number of amides is 1. The van der Waals surface area contributed by atoms with E-state index in [1.54, 1.807) is 0 Å². The van der Waals surface area contributed by atoms with E-state index in [0.29, 0.717) is 12.1 Å². The number of phenolic OH excluding ortho intramolecular Hbond substituents is 1. The predicted molar refractivity (Wildman–Crippen MR) is 71.7 cm³/mol. The second-order valence-electron chi connectivity index (χ2n) is 4.52. The van der Waals surface area contributed by atoms with Crippen LogP contribution in [0.15, 0.2) is 36.4 Å². The fourth-order valence-corrected chi connectivity index (χ4v) is 1.91. The Balaban J connectivity index is 2.26. The number of phenols is 1. The van der Waals surface area contributed by atoms with E-state index in [4.69, 9.17) is 0 Å². The first-order valence-corrected chi connectivity index (χ1v) is 6.28. The summed E-state index contributed by atoms with van der Waals surface area (Å²) >= 11 is 0. The van der Waals surface area contributed by atoms with Gasteiger partial charge in [0.2, 0.25) is 0 Å². The summed E-state index contributed by atoms with van der Waals surface area (Å²) in [6, 6.07) is 5.87. The van der Waals surface area contributed by atoms with Crippen LogP contribution in [-0.4, -0.2) is 22.7 Å². The molecule has 1 unspecified atom stereocenters. The average molecular weight is 311 g/mol. The molecular formula is C15H12F3NO3. The van der Waals surface area contributed by atoms with Crippen LogP contribution >= 0.6 is 0 Å². The smallest absolute Gasteiger partial charge is 0.255 e. The quantitative estimate of drug-likeness (QED) is 0.759. The molecule has 0 aliphatic rings. The first-order valence-electron chi connectivity index (χ1n) is 6.28. The molecule has 3 N–H and O–H groups in total. The van der Waals surface area contributed by atoms with E-state index in [1.807, 2.05) is 0 Å². The van der Waals surface area contributed by atoms with Crippen molar-refractivity contribution in [2.24, 2.45) is 0 Å². The summed E-state index contributed by atoms with van der Waals surface area (Å²) in [5, 5.41) is 21.2. The number of carbonyl (C=O) groups is 1. The van der Waals surface area contributed by atoms with Crippen molar-refractivity contribution in [1.82, 2.24) is 5.32 Å². The largest absolute Gasteiger partial charge is 0.507 e. The Bertz CT molecular complexity index is 683. The molecule has 22 heavy (non-hydrogen) atoms. The van der Waals surface area contributed by atoms with E-state index < -0.39 is 36.0 Å². The van der Waals surface area contributed by atoms with Gasteiger partial charge in [0, 0.05) is 0 Å². The van der Waals surface area contributed by atoms with Gasteiger partial charge in [0.15, 0.2) is 17.5 Å². The van der Waals surface area contributed by atoms with Crippen LogP contribution in [0.1, 0.15) is 22.0 Å². The SMILES string of the molecule is O=C(NC(CO)c1cc(F)c(F)c(F)c1)c1ccccc1O. The topological polar surface area (TPSA) is 69.6 Å². The number of hydrogen-bond donors (Lipinski definition) is 3. The third-order valence-corrected chi connectivity index (χ3v) is 3.05. The van der Waals surface area contributed by atoms with Crippen molar-refractivity contribution >= 4 is 5.91 Å². The molecule has 0 spiro atoms. The molecule has 0 bridgehead atoms. The van der Waals surface area contributed by atoms with Crippen molar-refractivity contribution in [1.29, 1.82) is 0 Å². The molecule has 7 heteroatoms. The monoisotopic (exact) mass is 311 g/mol. The third kappa shape index (κ3) is 3.20. The second kappa shape index (κ2) is 6.48. The van der Waals surface area contributed by atoms with Crippen LogP contribution < -0.4 is 5.32 Å². The summed E-state index contributed by atoms with van der Waals surface area (Å²) in [5.41, 5.74) is -0.202. The number of halogens is 3. The molecule has 0 fully saturated rings. The zero-order chi connectivity index (χ0) is 16.3. The van der Waals surface area contributed by atoms with Gasteiger partial charge in [-0.1, -0.05) is 12.1 Å². The number of nitrogens with one attached hydrogen (secondary N) is 1. The molecule has 0 radical (unpaired) electrons. The average Bonchev–Trinajstić information content (AvgIpc) is 2.50. The molecule has 0 saturated carbocycles. The molecule has 0 aromatic heterocycles. The summed E-state index contributed by atoms with van der Waals surface area (Å²) in [7, 11) is 0. The van der Waals surface area contributed by atoms with E-state index in [2.05, 4.69) is 5.32 Å². The Labute approximate surface area is 123 Å². The van der Waals surface area contributed by atoms with Gasteiger partial charge in [0.25, 0.3) is 5.91 Å². The van der Waals surface area contributed by atoms with Crippen molar-refractivity contribution in [3.05, 3.63) is 65.0 Å². The number of carbonyl (C=O) groups excluding carboxylic acids is 1. The van der Waals surface area contributed by atoms with Crippen LogP contribution in [0.25, 0.3) is 0 Å². The van der Waals surface area contributed by atoms with Crippen LogP contribution in [0.4, 0.5) is 13.2 Å². The fourth-order valence-electron chi connectivity index (χ4n) is 1.91. The number of benzene rings is 2. The Kier molecular flexibility index (Phi) is 4.67. The van der Waals surface area contributed by atoms with E-state index in [-0.39, 0.29) is 16.9 Å². The number of para-hydroxylation sites is 1. The minimum atomic E-state index is -1.63. The zero-order valence-electron chi connectivity index (χ0n) is 11.2. The predicted octanol–water partition coefficient (Wildman–Crippen LogP) is 2.27. The van der Waals surface area contributed by atoms with Gasteiger partial charge in [-0.15, -0.1) is 0 Å². The maximum Gasteiger partial charge on any atom is 0.255 e. The maximum atomic E-state index is 13.2. The number of hydrogen-bond acceptors (Lipinski definition) is 3. The van der Waals surface area contributed by atoms with Gasteiger partial charge in [0.1, 0.15) is 5.75 Å². The number of aliphatic hydroxyl groups excluding tert-OH is 1. The Morgan fingerprint density at radius 3 is 2.27 bits per heavy atom. The summed E-state index contributed by atoms with van der Waals surface area (Å²) in [6.07, 6.45) is 0. The molecule has 2 aromatic carbocycles. The van der Waals surface area contributed by atoms with E-state index >= 15 is 0 Å². The highest BCUT2D eigenvalue weighted by atomic mass is 19.2. The summed E-state index contributed by atoms with van der Waals surface area (Å²) < 4.78 is 39.3. The minimum Gasteiger partial charge on any atom is -0.507 e. The molecule has 4 nitrogen and oxygen atoms in total. The van der Waals surface area contributed by atoms with Crippen molar-refractivity contribution in [2.45, 2.75) is 6.04 Å². The second-order valence-corrected chi connectivity index (χ2v) is 4.52. The number of rotatable bonds is 4. The van der Waals surface area contributed by atoms with Crippen molar-refractivity contribution in [3.8, 4) is 5.75 Å². The van der Waals surface area contributed by atoms with Crippen LogP contribution in [0.3, 0.4) is 0 Å². The highest BCUT2D eigenvalue weighted by Crippen LogP contribution is 2.21. The van der Waals surface area contributed by atoms with Crippen molar-refractivity contribution < 1.29 is 28.2 Å². The molecule has 1 amide bonds. The van der Waals surface area contributed by atoms with Gasteiger partial charge in [-0.2, -0.15) is 0 Å². The van der Waals surface area contributed by atoms with Gasteiger partial charge < -0.3 is 15.5 Å². The van der Waals surface area contributed by atoms with Crippen LogP contribution in [0.5, 0.6) is 5.75 Å². The summed E-state index contributed by atoms with van der Waals surface area (Å²) in [4.78, 5) is 12.0. The molecule has 1 atom stereocenters. The summed E-state index contributed by atoms with van der Waals surface area (Å²) in [6.45, 7) is -0.663. The lowest BCUT2D eigenvalue weighted by atomic mass is 10.1. The van der Waals surface area contributed by atoms with Crippen molar-refractivity contribution in [3.63, 3.8) is 0 Å². The molecule has 0 aliphatic heterocycles. The molecule has 0 aliphatic carbocycles. The van der Waals surface area contributed by atoms with Crippen LogP contribution in [-0.2, 0) is 0 Å². The van der Waals surface area contributed by atoms with Gasteiger partial charge in [0.05, 0.1) is 18.2 Å². The first kappa shape index (κ1) is 15.8. The van der Waals surface area contributed by atoms with Gasteiger partial charge in [-0.25, -0.2) is 13.2 Å². The highest BCUT2D eigenvalue weighted by Gasteiger charge is 2.20. The lowest BCUT2D eigenvalue weighted by Gasteiger charge is -2.17.